The summed E-state index contributed by atoms with van der Waals surface area (Å²) in [5.74, 6) is -0.521. The zero-order valence-corrected chi connectivity index (χ0v) is 12.0. The molecule has 0 unspecified atom stereocenters. The molecule has 0 saturated carbocycles. The molecule has 0 atom stereocenters. The van der Waals surface area contributed by atoms with E-state index in [1.165, 1.54) is 5.56 Å². The fourth-order valence-electron chi connectivity index (χ4n) is 2.49. The van der Waals surface area contributed by atoms with Gasteiger partial charge in [-0.15, -0.1) is 0 Å². The van der Waals surface area contributed by atoms with Crippen LogP contribution in [0, 0.1) is 0 Å². The van der Waals surface area contributed by atoms with Crippen molar-refractivity contribution in [3.63, 3.8) is 0 Å². The molecule has 1 aromatic heterocycles. The fourth-order valence-corrected chi connectivity index (χ4v) is 2.62. The molecule has 0 spiro atoms. The van der Waals surface area contributed by atoms with Crippen LogP contribution in [0.5, 0.6) is 0 Å². The van der Waals surface area contributed by atoms with Crippen LogP contribution in [0.2, 0.25) is 5.02 Å². The van der Waals surface area contributed by atoms with Gasteiger partial charge < -0.3 is 9.47 Å². The lowest BCUT2D eigenvalue weighted by atomic mass is 10.0. The minimum Gasteiger partial charge on any atom is -0.344 e. The van der Waals surface area contributed by atoms with E-state index < -0.39 is 5.79 Å². The molecule has 1 aliphatic heterocycles. The normalized spacial score (nSPS) is 17.4. The van der Waals surface area contributed by atoms with Crippen molar-refractivity contribution in [1.82, 2.24) is 4.98 Å². The number of aromatic amines is 1. The Bertz CT molecular complexity index is 534. The molecule has 2 aromatic rings. The molecule has 0 radical (unpaired) electrons. The first-order valence-corrected chi connectivity index (χ1v) is 7.18. The van der Waals surface area contributed by atoms with Gasteiger partial charge in [0.1, 0.15) is 18.9 Å². The number of halogens is 1. The molecule has 0 bridgehead atoms. The summed E-state index contributed by atoms with van der Waals surface area (Å²) in [5.41, 5.74) is 1.24. The molecule has 20 heavy (non-hydrogen) atoms. The Balaban J connectivity index is 1.66. The number of benzene rings is 1. The number of nitrogens with one attached hydrogen (secondary N) is 1. The smallest absolute Gasteiger partial charge is 0.241 e. The van der Waals surface area contributed by atoms with Crippen molar-refractivity contribution in [1.29, 1.82) is 0 Å². The Labute approximate surface area is 123 Å². The first kappa shape index (κ1) is 13.6. The third-order valence-electron chi connectivity index (χ3n) is 3.55. The molecule has 5 heteroatoms. The van der Waals surface area contributed by atoms with E-state index in [4.69, 9.17) is 21.1 Å². The number of aromatic nitrogens is 2. The summed E-state index contributed by atoms with van der Waals surface area (Å²) in [6.45, 7) is 2.02. The fraction of sp³-hybridized carbons (Fsp3) is 0.400. The number of hydrogen-bond donors (Lipinski definition) is 1. The lowest BCUT2D eigenvalue weighted by Gasteiger charge is -2.25. The topological polar surface area (TPSA) is 38.1 Å². The maximum atomic E-state index is 5.90. The van der Waals surface area contributed by atoms with Crippen molar-refractivity contribution in [2.45, 2.75) is 25.2 Å². The van der Waals surface area contributed by atoms with Crippen LogP contribution in [0.15, 0.2) is 43.0 Å². The maximum Gasteiger partial charge on any atom is 0.241 e. The highest BCUT2D eigenvalue weighted by Gasteiger charge is 2.38. The number of aryl methyl sites for hydroxylation is 1. The number of H-pyrrole nitrogens is 1. The van der Waals surface area contributed by atoms with Crippen LogP contribution in [0.3, 0.4) is 0 Å². The third-order valence-corrected chi connectivity index (χ3v) is 3.80. The molecule has 0 amide bonds. The predicted molar refractivity (Wildman–Crippen MR) is 75.4 cm³/mol. The zero-order valence-electron chi connectivity index (χ0n) is 11.2. The first-order valence-electron chi connectivity index (χ1n) is 6.80. The number of rotatable bonds is 5. The van der Waals surface area contributed by atoms with Crippen molar-refractivity contribution < 1.29 is 14.0 Å². The molecule has 4 nitrogen and oxygen atoms in total. The minimum absolute atomic E-state index is 0.521. The molecule has 1 fully saturated rings. The van der Waals surface area contributed by atoms with Crippen molar-refractivity contribution in [3.05, 3.63) is 53.6 Å². The minimum atomic E-state index is -0.521. The summed E-state index contributed by atoms with van der Waals surface area (Å²) in [5, 5.41) is 0.764. The van der Waals surface area contributed by atoms with E-state index in [1.807, 2.05) is 35.4 Å². The molecule has 106 valence electrons. The van der Waals surface area contributed by atoms with Gasteiger partial charge in [-0.05, 0) is 24.1 Å². The zero-order chi connectivity index (χ0) is 13.8. The van der Waals surface area contributed by atoms with Crippen molar-refractivity contribution in [2.24, 2.45) is 0 Å². The van der Waals surface area contributed by atoms with Gasteiger partial charge in [-0.2, -0.15) is 0 Å². The number of nitrogens with zero attached hydrogens (tertiary/aromatic N) is 1. The Morgan fingerprint density at radius 1 is 1.20 bits per heavy atom. The molecular weight excluding hydrogens is 276 g/mol. The highest BCUT2D eigenvalue weighted by atomic mass is 35.5. The predicted octanol–water partition coefficient (Wildman–Crippen LogP) is 2.33. The lowest BCUT2D eigenvalue weighted by Crippen LogP contribution is -2.47. The second kappa shape index (κ2) is 5.95. The van der Waals surface area contributed by atoms with E-state index >= 15 is 0 Å². The van der Waals surface area contributed by atoms with E-state index in [-0.39, 0.29) is 0 Å². The van der Waals surface area contributed by atoms with E-state index in [9.17, 15) is 0 Å². The van der Waals surface area contributed by atoms with Crippen LogP contribution >= 0.6 is 11.6 Å². The van der Waals surface area contributed by atoms with Gasteiger partial charge in [-0.1, -0.05) is 23.7 Å². The summed E-state index contributed by atoms with van der Waals surface area (Å²) in [4.78, 5) is 3.04. The van der Waals surface area contributed by atoms with Gasteiger partial charge in [-0.3, -0.25) is 4.98 Å². The van der Waals surface area contributed by atoms with Crippen LogP contribution in [0.4, 0.5) is 0 Å². The molecule has 1 saturated heterocycles. The summed E-state index contributed by atoms with van der Waals surface area (Å²) in [6.07, 6.45) is 7.51. The Kier molecular flexibility index (Phi) is 4.05. The summed E-state index contributed by atoms with van der Waals surface area (Å²) >= 11 is 5.90. The van der Waals surface area contributed by atoms with Gasteiger partial charge in [0, 0.05) is 11.4 Å². The van der Waals surface area contributed by atoms with Crippen molar-refractivity contribution >= 4 is 11.6 Å². The van der Waals surface area contributed by atoms with E-state index in [1.54, 1.807) is 0 Å². The Hall–Kier alpha value is -1.36. The number of imidazole rings is 1. The first-order chi connectivity index (χ1) is 9.76. The van der Waals surface area contributed by atoms with E-state index in [2.05, 4.69) is 17.1 Å². The quantitative estimate of drug-likeness (QED) is 0.859. The monoisotopic (exact) mass is 293 g/mol. The molecule has 1 aromatic carbocycles. The molecule has 0 aliphatic carbocycles. The third kappa shape index (κ3) is 3.20. The Morgan fingerprint density at radius 3 is 2.60 bits per heavy atom. The highest BCUT2D eigenvalue weighted by molar-refractivity contribution is 6.30. The van der Waals surface area contributed by atoms with Crippen LogP contribution in [-0.4, -0.2) is 24.0 Å². The average molecular weight is 294 g/mol. The van der Waals surface area contributed by atoms with Gasteiger partial charge in [0.25, 0.3) is 0 Å². The van der Waals surface area contributed by atoms with Gasteiger partial charge >= 0.3 is 0 Å². The lowest BCUT2D eigenvalue weighted by molar-refractivity contribution is -0.717. The largest absolute Gasteiger partial charge is 0.344 e. The molecule has 3 rings (SSSR count). The SMILES string of the molecule is Clc1ccc(CCC2(C[n+]3cc[nH]c3)OCCO2)cc1. The average Bonchev–Trinajstić information content (AvgIpc) is 3.11. The second-order valence-corrected chi connectivity index (χ2v) is 5.45. The van der Waals surface area contributed by atoms with E-state index in [0.717, 1.165) is 17.9 Å². The molecule has 1 N–H and O–H groups in total. The standard InChI is InChI=1S/C15H17ClN2O2/c16-14-3-1-13(2-4-14)5-6-15(19-9-10-20-15)11-18-8-7-17-12-18/h1-4,7-8,12H,5-6,9-11H2/p+1. The highest BCUT2D eigenvalue weighted by Crippen LogP contribution is 2.26. The van der Waals surface area contributed by atoms with Crippen LogP contribution < -0.4 is 4.57 Å². The summed E-state index contributed by atoms with van der Waals surface area (Å²) in [7, 11) is 0. The van der Waals surface area contributed by atoms with Gasteiger partial charge in [0.2, 0.25) is 12.1 Å². The molecular formula is C15H18ClN2O2+. The molecule has 2 heterocycles. The van der Waals surface area contributed by atoms with Crippen molar-refractivity contribution in [2.75, 3.05) is 13.2 Å². The maximum absolute atomic E-state index is 5.90. The van der Waals surface area contributed by atoms with Crippen molar-refractivity contribution in [3.8, 4) is 0 Å². The number of ether oxygens (including phenoxy) is 2. The van der Waals surface area contributed by atoms with Gasteiger partial charge in [0.05, 0.1) is 13.2 Å². The number of hydrogen-bond acceptors (Lipinski definition) is 2. The summed E-state index contributed by atoms with van der Waals surface area (Å²) < 4.78 is 13.8. The van der Waals surface area contributed by atoms with Crippen LogP contribution in [0.1, 0.15) is 12.0 Å². The van der Waals surface area contributed by atoms with Crippen LogP contribution in [-0.2, 0) is 22.4 Å². The van der Waals surface area contributed by atoms with E-state index in [0.29, 0.717) is 19.8 Å². The van der Waals surface area contributed by atoms with Crippen LogP contribution in [0.25, 0.3) is 0 Å². The Morgan fingerprint density at radius 2 is 1.95 bits per heavy atom. The summed E-state index contributed by atoms with van der Waals surface area (Å²) in [6, 6.07) is 7.94. The van der Waals surface area contributed by atoms with Gasteiger partial charge in [-0.25, -0.2) is 4.57 Å². The molecule has 1 aliphatic rings. The second-order valence-electron chi connectivity index (χ2n) is 5.02. The van der Waals surface area contributed by atoms with Gasteiger partial charge in [0.15, 0.2) is 0 Å².